The van der Waals surface area contributed by atoms with Crippen LogP contribution in [-0.4, -0.2) is 56.6 Å². The Kier molecular flexibility index (Phi) is 5.95. The largest absolute Gasteiger partial charge is 0.493 e. The summed E-state index contributed by atoms with van der Waals surface area (Å²) in [7, 11) is 1.54. The number of benzene rings is 1. The van der Waals surface area contributed by atoms with Crippen molar-refractivity contribution in [3.63, 3.8) is 0 Å². The Balaban J connectivity index is 1.72. The maximum Gasteiger partial charge on any atom is 0.254 e. The van der Waals surface area contributed by atoms with E-state index < -0.39 is 5.79 Å². The first kappa shape index (κ1) is 19.3. The zero-order valence-electron chi connectivity index (χ0n) is 15.5. The third-order valence-electron chi connectivity index (χ3n) is 4.66. The monoisotopic (exact) mass is 383 g/mol. The molecule has 2 fully saturated rings. The number of nitrogens with zero attached hydrogens (tertiary/aromatic N) is 1. The van der Waals surface area contributed by atoms with Gasteiger partial charge in [-0.3, -0.25) is 4.79 Å². The van der Waals surface area contributed by atoms with E-state index in [2.05, 4.69) is 13.8 Å². The number of hydrogen-bond donors (Lipinski definition) is 0. The summed E-state index contributed by atoms with van der Waals surface area (Å²) in [5.74, 6) is 0.731. The van der Waals surface area contributed by atoms with Gasteiger partial charge in [0.05, 0.1) is 32.0 Å². The SMILES string of the molecule is COc1cc(C(=O)N2CCC3(CC2)OCCO3)cc(Cl)c1OCC(C)C. The van der Waals surface area contributed by atoms with Crippen LogP contribution in [0.2, 0.25) is 5.02 Å². The first-order valence-electron chi connectivity index (χ1n) is 9.01. The lowest BCUT2D eigenvalue weighted by atomic mass is 10.0. The van der Waals surface area contributed by atoms with Crippen LogP contribution in [0.3, 0.4) is 0 Å². The van der Waals surface area contributed by atoms with Crippen molar-refractivity contribution >= 4 is 17.5 Å². The molecule has 0 saturated carbocycles. The van der Waals surface area contributed by atoms with Gasteiger partial charge >= 0.3 is 0 Å². The smallest absolute Gasteiger partial charge is 0.254 e. The minimum atomic E-state index is -0.499. The van der Waals surface area contributed by atoms with Crippen LogP contribution >= 0.6 is 11.6 Å². The van der Waals surface area contributed by atoms with Crippen LogP contribution in [0.5, 0.6) is 11.5 Å². The molecule has 2 heterocycles. The van der Waals surface area contributed by atoms with Crippen molar-refractivity contribution in [2.75, 3.05) is 40.0 Å². The molecular weight excluding hydrogens is 358 g/mol. The number of carbonyl (C=O) groups excluding carboxylic acids is 1. The number of carbonyl (C=O) groups is 1. The Hall–Kier alpha value is -1.50. The van der Waals surface area contributed by atoms with Gasteiger partial charge in [-0.25, -0.2) is 0 Å². The van der Waals surface area contributed by atoms with Crippen molar-refractivity contribution in [2.24, 2.45) is 5.92 Å². The average Bonchev–Trinajstić information content (AvgIpc) is 3.08. The van der Waals surface area contributed by atoms with Gasteiger partial charge in [0, 0.05) is 31.5 Å². The van der Waals surface area contributed by atoms with E-state index >= 15 is 0 Å². The Morgan fingerprint density at radius 2 is 1.92 bits per heavy atom. The molecule has 0 aliphatic carbocycles. The molecule has 6 nitrogen and oxygen atoms in total. The summed E-state index contributed by atoms with van der Waals surface area (Å²) in [6.45, 7) is 7.06. The number of likely N-dealkylation sites (tertiary alicyclic amines) is 1. The molecule has 1 spiro atoms. The molecule has 2 aliphatic rings. The molecule has 1 aromatic rings. The van der Waals surface area contributed by atoms with Gasteiger partial charge in [-0.2, -0.15) is 0 Å². The third-order valence-corrected chi connectivity index (χ3v) is 4.94. The normalized spacial score (nSPS) is 19.2. The zero-order chi connectivity index (χ0) is 18.7. The van der Waals surface area contributed by atoms with Crippen LogP contribution in [0.4, 0.5) is 0 Å². The highest BCUT2D eigenvalue weighted by Gasteiger charge is 2.41. The van der Waals surface area contributed by atoms with E-state index in [0.717, 1.165) is 0 Å². The second-order valence-electron chi connectivity index (χ2n) is 7.09. The highest BCUT2D eigenvalue weighted by molar-refractivity contribution is 6.32. The van der Waals surface area contributed by atoms with Gasteiger partial charge in [0.15, 0.2) is 17.3 Å². The highest BCUT2D eigenvalue weighted by Crippen LogP contribution is 2.38. The van der Waals surface area contributed by atoms with E-state index in [1.165, 1.54) is 0 Å². The summed E-state index contributed by atoms with van der Waals surface area (Å²) in [5.41, 5.74) is 0.493. The molecule has 1 aromatic carbocycles. The van der Waals surface area contributed by atoms with Crippen LogP contribution in [0.1, 0.15) is 37.0 Å². The Morgan fingerprint density at radius 3 is 2.50 bits per heavy atom. The first-order valence-corrected chi connectivity index (χ1v) is 9.39. The molecule has 0 bridgehead atoms. The molecule has 26 heavy (non-hydrogen) atoms. The topological polar surface area (TPSA) is 57.2 Å². The first-order chi connectivity index (χ1) is 12.4. The number of piperidine rings is 1. The molecular formula is C19H26ClNO5. The molecule has 0 N–H and O–H groups in total. The molecule has 0 radical (unpaired) electrons. The number of hydrogen-bond acceptors (Lipinski definition) is 5. The van der Waals surface area contributed by atoms with E-state index in [4.69, 9.17) is 30.5 Å². The van der Waals surface area contributed by atoms with Crippen LogP contribution in [0.25, 0.3) is 0 Å². The van der Waals surface area contributed by atoms with E-state index in [0.29, 0.717) is 73.8 Å². The number of halogens is 1. The van der Waals surface area contributed by atoms with E-state index in [-0.39, 0.29) is 5.91 Å². The van der Waals surface area contributed by atoms with Crippen molar-refractivity contribution in [2.45, 2.75) is 32.5 Å². The van der Waals surface area contributed by atoms with Crippen molar-refractivity contribution in [1.29, 1.82) is 0 Å². The van der Waals surface area contributed by atoms with Crippen molar-refractivity contribution < 1.29 is 23.7 Å². The average molecular weight is 384 g/mol. The number of ether oxygens (including phenoxy) is 4. The van der Waals surface area contributed by atoms with Crippen LogP contribution in [-0.2, 0) is 9.47 Å². The summed E-state index contributed by atoms with van der Waals surface area (Å²) >= 11 is 6.36. The Bertz CT molecular complexity index is 648. The number of amides is 1. The molecule has 2 aliphatic heterocycles. The van der Waals surface area contributed by atoms with Gasteiger partial charge in [-0.05, 0) is 18.1 Å². The van der Waals surface area contributed by atoms with E-state index in [1.54, 1.807) is 24.1 Å². The fourth-order valence-corrected chi connectivity index (χ4v) is 3.52. The molecule has 144 valence electrons. The highest BCUT2D eigenvalue weighted by atomic mass is 35.5. The maximum absolute atomic E-state index is 12.9. The lowest BCUT2D eigenvalue weighted by Crippen LogP contribution is -2.47. The second kappa shape index (κ2) is 8.03. The summed E-state index contributed by atoms with van der Waals surface area (Å²) in [6.07, 6.45) is 1.36. The Labute approximate surface area is 159 Å². The lowest BCUT2D eigenvalue weighted by molar-refractivity contribution is -0.181. The molecule has 2 saturated heterocycles. The van der Waals surface area contributed by atoms with Crippen LogP contribution < -0.4 is 9.47 Å². The molecule has 7 heteroatoms. The zero-order valence-corrected chi connectivity index (χ0v) is 16.3. The Morgan fingerprint density at radius 1 is 1.27 bits per heavy atom. The minimum absolute atomic E-state index is 0.0755. The molecule has 3 rings (SSSR count). The van der Waals surface area contributed by atoms with Gasteiger partial charge in [0.25, 0.3) is 5.91 Å². The fourth-order valence-electron chi connectivity index (χ4n) is 3.25. The predicted molar refractivity (Wildman–Crippen MR) is 98.1 cm³/mol. The predicted octanol–water partition coefficient (Wildman–Crippen LogP) is 3.36. The molecule has 0 unspecified atom stereocenters. The summed E-state index contributed by atoms with van der Waals surface area (Å²) in [6, 6.07) is 3.34. The van der Waals surface area contributed by atoms with Gasteiger partial charge in [0.2, 0.25) is 0 Å². The number of methoxy groups -OCH3 is 1. The van der Waals surface area contributed by atoms with Crippen molar-refractivity contribution in [3.8, 4) is 11.5 Å². The van der Waals surface area contributed by atoms with Gasteiger partial charge in [0.1, 0.15) is 0 Å². The second-order valence-corrected chi connectivity index (χ2v) is 7.50. The van der Waals surface area contributed by atoms with Gasteiger partial charge in [-0.15, -0.1) is 0 Å². The van der Waals surface area contributed by atoms with Crippen molar-refractivity contribution in [1.82, 2.24) is 4.90 Å². The van der Waals surface area contributed by atoms with Crippen LogP contribution in [0.15, 0.2) is 12.1 Å². The standard InChI is InChI=1S/C19H26ClNO5/c1-13(2)12-24-17-15(20)10-14(11-16(17)23-3)18(22)21-6-4-19(5-7-21)25-8-9-26-19/h10-11,13H,4-9,12H2,1-3H3. The van der Waals surface area contributed by atoms with E-state index in [1.807, 2.05) is 0 Å². The number of rotatable bonds is 5. The maximum atomic E-state index is 12.9. The summed E-state index contributed by atoms with van der Waals surface area (Å²) in [4.78, 5) is 14.7. The quantitative estimate of drug-likeness (QED) is 0.780. The van der Waals surface area contributed by atoms with Gasteiger partial charge in [-0.1, -0.05) is 25.4 Å². The molecule has 0 atom stereocenters. The van der Waals surface area contributed by atoms with E-state index in [9.17, 15) is 4.79 Å². The van der Waals surface area contributed by atoms with Crippen LogP contribution in [0, 0.1) is 5.92 Å². The van der Waals surface area contributed by atoms with Gasteiger partial charge < -0.3 is 23.8 Å². The van der Waals surface area contributed by atoms with Crippen molar-refractivity contribution in [3.05, 3.63) is 22.7 Å². The fraction of sp³-hybridized carbons (Fsp3) is 0.632. The molecule has 1 amide bonds. The summed E-state index contributed by atoms with van der Waals surface area (Å²) < 4.78 is 22.6. The molecule has 0 aromatic heterocycles. The third kappa shape index (κ3) is 4.08. The lowest BCUT2D eigenvalue weighted by Gasteiger charge is -2.37. The summed E-state index contributed by atoms with van der Waals surface area (Å²) in [5, 5.41) is 0.379. The minimum Gasteiger partial charge on any atom is -0.493 e.